The van der Waals surface area contributed by atoms with E-state index in [0.717, 1.165) is 5.75 Å². The van der Waals surface area contributed by atoms with Gasteiger partial charge in [-0.2, -0.15) is 0 Å². The van der Waals surface area contributed by atoms with Gasteiger partial charge >= 0.3 is 0 Å². The first-order valence-electron chi connectivity index (χ1n) is 11.1. The average molecular weight is 484 g/mol. The van der Waals surface area contributed by atoms with Crippen LogP contribution in [0.3, 0.4) is 0 Å². The van der Waals surface area contributed by atoms with Gasteiger partial charge in [-0.05, 0) is 80.9 Å². The van der Waals surface area contributed by atoms with Gasteiger partial charge in [0.15, 0.2) is 0 Å². The van der Waals surface area contributed by atoms with Crippen LogP contribution in [-0.4, -0.2) is 43.9 Å². The molecule has 0 saturated carbocycles. The third kappa shape index (κ3) is 6.55. The minimum Gasteiger partial charge on any atom is -0.494 e. The SMILES string of the molecule is CCOc1ccc(Oc2cc(CNS(=O)(=O)c3ccc(C(=O)N(CC)CC)cc3)ccn2)cc1. The lowest BCUT2D eigenvalue weighted by Crippen LogP contribution is -2.30. The van der Waals surface area contributed by atoms with Crippen LogP contribution in [0.5, 0.6) is 17.4 Å². The number of carbonyl (C=O) groups excluding carboxylic acids is 1. The van der Waals surface area contributed by atoms with Gasteiger partial charge in [0.25, 0.3) is 5.91 Å². The first-order chi connectivity index (χ1) is 16.4. The van der Waals surface area contributed by atoms with Gasteiger partial charge < -0.3 is 14.4 Å². The van der Waals surface area contributed by atoms with Gasteiger partial charge in [0.2, 0.25) is 15.9 Å². The first kappa shape index (κ1) is 25.2. The van der Waals surface area contributed by atoms with Crippen molar-refractivity contribution in [3.63, 3.8) is 0 Å². The zero-order valence-electron chi connectivity index (χ0n) is 19.5. The van der Waals surface area contributed by atoms with Crippen molar-refractivity contribution in [3.05, 3.63) is 78.0 Å². The molecule has 9 heteroatoms. The fraction of sp³-hybridized carbons (Fsp3) is 0.280. The van der Waals surface area contributed by atoms with Crippen molar-refractivity contribution < 1.29 is 22.7 Å². The molecule has 34 heavy (non-hydrogen) atoms. The largest absolute Gasteiger partial charge is 0.494 e. The lowest BCUT2D eigenvalue weighted by atomic mass is 10.2. The summed E-state index contributed by atoms with van der Waals surface area (Å²) in [6.07, 6.45) is 1.56. The van der Waals surface area contributed by atoms with E-state index >= 15 is 0 Å². The molecule has 0 saturated heterocycles. The summed E-state index contributed by atoms with van der Waals surface area (Å²) < 4.78 is 39.2. The fourth-order valence-corrected chi connectivity index (χ4v) is 4.26. The van der Waals surface area contributed by atoms with Gasteiger partial charge in [0.1, 0.15) is 11.5 Å². The summed E-state index contributed by atoms with van der Waals surface area (Å²) in [5, 5.41) is 0. The van der Waals surface area contributed by atoms with Crippen molar-refractivity contribution in [1.82, 2.24) is 14.6 Å². The molecule has 0 spiro atoms. The molecule has 0 unspecified atom stereocenters. The van der Waals surface area contributed by atoms with Crippen molar-refractivity contribution in [1.29, 1.82) is 0 Å². The number of pyridine rings is 1. The monoisotopic (exact) mass is 483 g/mol. The summed E-state index contributed by atoms with van der Waals surface area (Å²) in [4.78, 5) is 18.4. The Balaban J connectivity index is 1.63. The van der Waals surface area contributed by atoms with E-state index in [2.05, 4.69) is 9.71 Å². The van der Waals surface area contributed by atoms with Crippen LogP contribution >= 0.6 is 0 Å². The van der Waals surface area contributed by atoms with Crippen LogP contribution in [0.4, 0.5) is 0 Å². The molecule has 3 aromatic rings. The first-order valence-corrected chi connectivity index (χ1v) is 12.6. The van der Waals surface area contributed by atoms with Crippen molar-refractivity contribution >= 4 is 15.9 Å². The molecule has 0 aliphatic carbocycles. The molecule has 0 aliphatic rings. The molecule has 0 fully saturated rings. The van der Waals surface area contributed by atoms with Gasteiger partial charge in [-0.1, -0.05) is 0 Å². The van der Waals surface area contributed by atoms with Crippen LogP contribution in [0.15, 0.2) is 71.8 Å². The summed E-state index contributed by atoms with van der Waals surface area (Å²) >= 11 is 0. The van der Waals surface area contributed by atoms with Gasteiger partial charge in [0.05, 0.1) is 11.5 Å². The second-order valence-electron chi connectivity index (χ2n) is 7.34. The van der Waals surface area contributed by atoms with Crippen molar-refractivity contribution in [2.75, 3.05) is 19.7 Å². The molecular formula is C25H29N3O5S. The molecule has 0 radical (unpaired) electrons. The normalized spacial score (nSPS) is 11.1. The number of hydrogen-bond acceptors (Lipinski definition) is 6. The molecule has 1 heterocycles. The van der Waals surface area contributed by atoms with E-state index < -0.39 is 10.0 Å². The quantitative estimate of drug-likeness (QED) is 0.438. The molecule has 8 nitrogen and oxygen atoms in total. The summed E-state index contributed by atoms with van der Waals surface area (Å²) in [6, 6.07) is 16.5. The van der Waals surface area contributed by atoms with E-state index in [4.69, 9.17) is 9.47 Å². The molecule has 1 amide bonds. The number of sulfonamides is 1. The Labute approximate surface area is 200 Å². The Hall–Kier alpha value is -3.43. The Morgan fingerprint density at radius 3 is 2.21 bits per heavy atom. The lowest BCUT2D eigenvalue weighted by molar-refractivity contribution is 0.0773. The highest BCUT2D eigenvalue weighted by Crippen LogP contribution is 2.23. The minimum absolute atomic E-state index is 0.0601. The predicted octanol–water partition coefficient (Wildman–Crippen LogP) is 4.23. The third-order valence-electron chi connectivity index (χ3n) is 5.08. The Morgan fingerprint density at radius 1 is 0.941 bits per heavy atom. The highest BCUT2D eigenvalue weighted by atomic mass is 32.2. The molecule has 2 aromatic carbocycles. The topological polar surface area (TPSA) is 97.8 Å². The zero-order valence-corrected chi connectivity index (χ0v) is 20.3. The van der Waals surface area contributed by atoms with Gasteiger partial charge in [-0.3, -0.25) is 4.79 Å². The van der Waals surface area contributed by atoms with Crippen LogP contribution < -0.4 is 14.2 Å². The van der Waals surface area contributed by atoms with Crippen LogP contribution in [-0.2, 0) is 16.6 Å². The number of nitrogens with one attached hydrogen (secondary N) is 1. The molecule has 0 bridgehead atoms. The lowest BCUT2D eigenvalue weighted by Gasteiger charge is -2.18. The minimum atomic E-state index is -3.76. The van der Waals surface area contributed by atoms with Gasteiger partial charge in [-0.15, -0.1) is 0 Å². The molecule has 1 N–H and O–H groups in total. The Kier molecular flexibility index (Phi) is 8.61. The summed E-state index contributed by atoms with van der Waals surface area (Å²) in [7, 11) is -3.76. The molecule has 3 rings (SSSR count). The third-order valence-corrected chi connectivity index (χ3v) is 6.50. The molecule has 0 aliphatic heterocycles. The zero-order chi connectivity index (χ0) is 24.6. The van der Waals surface area contributed by atoms with Gasteiger partial charge in [-0.25, -0.2) is 18.1 Å². The fourth-order valence-electron chi connectivity index (χ4n) is 3.24. The summed E-state index contributed by atoms with van der Waals surface area (Å²) in [5.41, 5.74) is 1.14. The standard InChI is InChI=1S/C25H29N3O5S/c1-4-28(5-2)25(29)20-7-13-23(14-8-20)34(30,31)27-18-19-15-16-26-24(17-19)33-22-11-9-21(10-12-22)32-6-3/h7-17,27H,4-6,18H2,1-3H3. The number of nitrogens with zero attached hydrogens (tertiary/aromatic N) is 2. The summed E-state index contributed by atoms with van der Waals surface area (Å²) in [5.74, 6) is 1.56. The number of benzene rings is 2. The Morgan fingerprint density at radius 2 is 1.59 bits per heavy atom. The molecule has 0 atom stereocenters. The van der Waals surface area contributed by atoms with E-state index in [1.54, 1.807) is 47.5 Å². The molecule has 180 valence electrons. The highest BCUT2D eigenvalue weighted by Gasteiger charge is 2.17. The van der Waals surface area contributed by atoms with Crippen molar-refractivity contribution in [3.8, 4) is 17.4 Å². The van der Waals surface area contributed by atoms with Crippen LogP contribution in [0.2, 0.25) is 0 Å². The van der Waals surface area contributed by atoms with Crippen LogP contribution in [0.1, 0.15) is 36.7 Å². The number of rotatable bonds is 11. The molecular weight excluding hydrogens is 454 g/mol. The maximum atomic E-state index is 12.7. The second-order valence-corrected chi connectivity index (χ2v) is 9.10. The number of hydrogen-bond donors (Lipinski definition) is 1. The van der Waals surface area contributed by atoms with Gasteiger partial charge in [0, 0.05) is 37.5 Å². The molecule has 1 aromatic heterocycles. The van der Waals surface area contributed by atoms with E-state index in [-0.39, 0.29) is 17.3 Å². The maximum Gasteiger partial charge on any atom is 0.253 e. The smallest absolute Gasteiger partial charge is 0.253 e. The number of carbonyl (C=O) groups is 1. The number of amides is 1. The van der Waals surface area contributed by atoms with E-state index in [1.165, 1.54) is 24.3 Å². The number of ether oxygens (including phenoxy) is 2. The van der Waals surface area contributed by atoms with E-state index in [9.17, 15) is 13.2 Å². The average Bonchev–Trinajstić information content (AvgIpc) is 2.85. The maximum absolute atomic E-state index is 12.7. The van der Waals surface area contributed by atoms with E-state index in [1.807, 2.05) is 20.8 Å². The highest BCUT2D eigenvalue weighted by molar-refractivity contribution is 7.89. The number of aromatic nitrogens is 1. The Bertz CT molecular complexity index is 1190. The van der Waals surface area contributed by atoms with Crippen LogP contribution in [0, 0.1) is 0 Å². The van der Waals surface area contributed by atoms with E-state index in [0.29, 0.717) is 42.5 Å². The van der Waals surface area contributed by atoms with Crippen molar-refractivity contribution in [2.45, 2.75) is 32.2 Å². The second kappa shape index (κ2) is 11.6. The predicted molar refractivity (Wildman–Crippen MR) is 130 cm³/mol. The van der Waals surface area contributed by atoms with Crippen LogP contribution in [0.25, 0.3) is 0 Å². The summed E-state index contributed by atoms with van der Waals surface area (Å²) in [6.45, 7) is 7.54. The van der Waals surface area contributed by atoms with Crippen molar-refractivity contribution in [2.24, 2.45) is 0 Å².